The molecule has 4 N–H and O–H groups in total. The number of carboxylic acids is 1. The Bertz CT molecular complexity index is 584. The largest absolute Gasteiger partial charge is 0.481 e. The Balaban J connectivity index is 2.07. The van der Waals surface area contributed by atoms with Gasteiger partial charge in [-0.25, -0.2) is 0 Å². The first-order valence-electron chi connectivity index (χ1n) is 5.70. The highest BCUT2D eigenvalue weighted by molar-refractivity contribution is 5.86. The molecule has 1 unspecified atom stereocenters. The molecule has 0 spiro atoms. The number of rotatable bonds is 3. The Morgan fingerprint density at radius 2 is 2.12 bits per heavy atom. The van der Waals surface area contributed by atoms with Gasteiger partial charge < -0.3 is 15.8 Å². The molecule has 1 aromatic carbocycles. The molecule has 1 heterocycles. The molecular weight excluding hydrogens is 216 g/mol. The lowest BCUT2D eigenvalue weighted by Gasteiger charge is -2.18. The van der Waals surface area contributed by atoms with Crippen LogP contribution in [0.15, 0.2) is 30.5 Å². The molecule has 1 aliphatic carbocycles. The number of hydrogen-bond acceptors (Lipinski definition) is 2. The number of aliphatic carboxylic acids is 1. The van der Waals surface area contributed by atoms with Gasteiger partial charge in [0.05, 0.1) is 5.41 Å². The number of aromatic nitrogens is 1. The van der Waals surface area contributed by atoms with Crippen molar-refractivity contribution in [3.8, 4) is 0 Å². The van der Waals surface area contributed by atoms with Crippen LogP contribution in [0.5, 0.6) is 0 Å². The molecule has 2 aromatic rings. The van der Waals surface area contributed by atoms with Gasteiger partial charge in [-0.2, -0.15) is 0 Å². The van der Waals surface area contributed by atoms with Crippen LogP contribution in [0.1, 0.15) is 24.4 Å². The second kappa shape index (κ2) is 3.34. The summed E-state index contributed by atoms with van der Waals surface area (Å²) in [5.41, 5.74) is 7.30. The van der Waals surface area contributed by atoms with Crippen molar-refractivity contribution in [2.24, 2.45) is 11.1 Å². The first-order valence-corrected chi connectivity index (χ1v) is 5.70. The number of carbonyl (C=O) groups is 1. The average Bonchev–Trinajstić information content (AvgIpc) is 3.03. The van der Waals surface area contributed by atoms with Gasteiger partial charge in [0.25, 0.3) is 0 Å². The molecule has 3 rings (SSSR count). The number of H-pyrrole nitrogens is 1. The highest BCUT2D eigenvalue weighted by Crippen LogP contribution is 2.54. The summed E-state index contributed by atoms with van der Waals surface area (Å²) in [6.45, 7) is 0. The summed E-state index contributed by atoms with van der Waals surface area (Å²) in [7, 11) is 0. The Kier molecular flexibility index (Phi) is 2.03. The lowest BCUT2D eigenvalue weighted by molar-refractivity contribution is -0.144. The first kappa shape index (κ1) is 10.4. The van der Waals surface area contributed by atoms with E-state index in [1.165, 1.54) is 0 Å². The van der Waals surface area contributed by atoms with Crippen LogP contribution < -0.4 is 5.73 Å². The minimum atomic E-state index is -0.782. The number of nitrogens with one attached hydrogen (secondary N) is 1. The van der Waals surface area contributed by atoms with Gasteiger partial charge in [0.15, 0.2) is 0 Å². The lowest BCUT2D eigenvalue weighted by Crippen LogP contribution is -2.29. The van der Waals surface area contributed by atoms with E-state index in [9.17, 15) is 9.90 Å². The molecule has 1 saturated carbocycles. The van der Waals surface area contributed by atoms with E-state index in [0.29, 0.717) is 12.8 Å². The van der Waals surface area contributed by atoms with Crippen molar-refractivity contribution in [2.75, 3.05) is 0 Å². The van der Waals surface area contributed by atoms with E-state index in [1.54, 1.807) is 0 Å². The molecule has 1 atom stereocenters. The molecule has 0 radical (unpaired) electrons. The normalized spacial score (nSPS) is 19.1. The fourth-order valence-corrected chi connectivity index (χ4v) is 2.44. The maximum absolute atomic E-state index is 11.3. The maximum atomic E-state index is 11.3. The molecule has 4 nitrogen and oxygen atoms in total. The second-order valence-corrected chi connectivity index (χ2v) is 4.73. The van der Waals surface area contributed by atoms with Gasteiger partial charge in [-0.3, -0.25) is 4.79 Å². The highest BCUT2D eigenvalue weighted by atomic mass is 16.4. The Morgan fingerprint density at radius 3 is 2.76 bits per heavy atom. The van der Waals surface area contributed by atoms with Crippen molar-refractivity contribution < 1.29 is 9.90 Å². The van der Waals surface area contributed by atoms with Crippen LogP contribution in [0.25, 0.3) is 10.9 Å². The standard InChI is InChI=1S/C13H14N2O2/c14-11(13(5-6-13)12(16)17)9-7-15-10-4-2-1-3-8(9)10/h1-4,7,11,15H,5-6,14H2,(H,16,17). The van der Waals surface area contributed by atoms with Crippen LogP contribution in [0.2, 0.25) is 0 Å². The Hall–Kier alpha value is -1.81. The monoisotopic (exact) mass is 230 g/mol. The summed E-state index contributed by atoms with van der Waals surface area (Å²) in [6, 6.07) is 7.38. The highest BCUT2D eigenvalue weighted by Gasteiger charge is 2.55. The SMILES string of the molecule is NC(c1c[nH]c2ccccc12)C1(C(=O)O)CC1. The van der Waals surface area contributed by atoms with E-state index in [4.69, 9.17) is 5.73 Å². The summed E-state index contributed by atoms with van der Waals surface area (Å²) in [4.78, 5) is 14.4. The van der Waals surface area contributed by atoms with Gasteiger partial charge >= 0.3 is 5.97 Å². The number of carboxylic acid groups (broad SMARTS) is 1. The quantitative estimate of drug-likeness (QED) is 0.754. The molecule has 88 valence electrons. The van der Waals surface area contributed by atoms with Gasteiger partial charge in [0, 0.05) is 23.1 Å². The molecule has 0 aliphatic heterocycles. The molecule has 0 amide bonds. The van der Waals surface area contributed by atoms with Crippen molar-refractivity contribution in [3.63, 3.8) is 0 Å². The van der Waals surface area contributed by atoms with E-state index in [-0.39, 0.29) is 0 Å². The van der Waals surface area contributed by atoms with Crippen molar-refractivity contribution in [1.82, 2.24) is 4.98 Å². The molecular formula is C13H14N2O2. The summed E-state index contributed by atoms with van der Waals surface area (Å²) in [6.07, 6.45) is 3.17. The van der Waals surface area contributed by atoms with E-state index in [0.717, 1.165) is 16.5 Å². The molecule has 1 aliphatic rings. The summed E-state index contributed by atoms with van der Waals surface area (Å²) in [5, 5.41) is 10.3. The van der Waals surface area contributed by atoms with Gasteiger partial charge in [-0.15, -0.1) is 0 Å². The fraction of sp³-hybridized carbons (Fsp3) is 0.308. The van der Waals surface area contributed by atoms with E-state index in [1.807, 2.05) is 30.5 Å². The second-order valence-electron chi connectivity index (χ2n) is 4.73. The molecule has 0 saturated heterocycles. The average molecular weight is 230 g/mol. The van der Waals surface area contributed by atoms with Crippen LogP contribution in [-0.4, -0.2) is 16.1 Å². The zero-order valence-corrected chi connectivity index (χ0v) is 9.31. The molecule has 4 heteroatoms. The predicted molar refractivity (Wildman–Crippen MR) is 64.5 cm³/mol. The van der Waals surface area contributed by atoms with Crippen LogP contribution in [-0.2, 0) is 4.79 Å². The maximum Gasteiger partial charge on any atom is 0.311 e. The number of nitrogens with two attached hydrogens (primary N) is 1. The van der Waals surface area contributed by atoms with E-state index >= 15 is 0 Å². The first-order chi connectivity index (χ1) is 8.15. The van der Waals surface area contributed by atoms with E-state index < -0.39 is 17.4 Å². The molecule has 1 fully saturated rings. The van der Waals surface area contributed by atoms with Crippen LogP contribution >= 0.6 is 0 Å². The predicted octanol–water partition coefficient (Wildman–Crippen LogP) is 2.03. The molecule has 17 heavy (non-hydrogen) atoms. The van der Waals surface area contributed by atoms with Crippen LogP contribution in [0, 0.1) is 5.41 Å². The smallest absolute Gasteiger partial charge is 0.311 e. The van der Waals surface area contributed by atoms with Gasteiger partial charge in [-0.05, 0) is 24.5 Å². The number of fused-ring (bicyclic) bond motifs is 1. The third-order valence-corrected chi connectivity index (χ3v) is 3.77. The number of para-hydroxylation sites is 1. The lowest BCUT2D eigenvalue weighted by atomic mass is 9.91. The third kappa shape index (κ3) is 1.37. The summed E-state index contributed by atoms with van der Waals surface area (Å²) in [5.74, 6) is -0.782. The minimum absolute atomic E-state index is 0.434. The van der Waals surface area contributed by atoms with Crippen molar-refractivity contribution in [1.29, 1.82) is 0 Å². The summed E-state index contributed by atoms with van der Waals surface area (Å²) >= 11 is 0. The minimum Gasteiger partial charge on any atom is -0.481 e. The fourth-order valence-electron chi connectivity index (χ4n) is 2.44. The number of aromatic amines is 1. The topological polar surface area (TPSA) is 79.1 Å². The Labute approximate surface area is 98.4 Å². The van der Waals surface area contributed by atoms with Gasteiger partial charge in [-0.1, -0.05) is 18.2 Å². The van der Waals surface area contributed by atoms with Crippen molar-refractivity contribution in [2.45, 2.75) is 18.9 Å². The van der Waals surface area contributed by atoms with Crippen molar-refractivity contribution >= 4 is 16.9 Å². The Morgan fingerprint density at radius 1 is 1.41 bits per heavy atom. The van der Waals surface area contributed by atoms with Gasteiger partial charge in [0.1, 0.15) is 0 Å². The molecule has 1 aromatic heterocycles. The number of benzene rings is 1. The zero-order chi connectivity index (χ0) is 12.0. The summed E-state index contributed by atoms with van der Waals surface area (Å²) < 4.78 is 0. The van der Waals surface area contributed by atoms with E-state index in [2.05, 4.69) is 4.98 Å². The number of hydrogen-bond donors (Lipinski definition) is 3. The van der Waals surface area contributed by atoms with Crippen LogP contribution in [0.4, 0.5) is 0 Å². The van der Waals surface area contributed by atoms with Gasteiger partial charge in [0.2, 0.25) is 0 Å². The van der Waals surface area contributed by atoms with Crippen LogP contribution in [0.3, 0.4) is 0 Å². The van der Waals surface area contributed by atoms with Crippen molar-refractivity contribution in [3.05, 3.63) is 36.0 Å². The molecule has 0 bridgehead atoms. The zero-order valence-electron chi connectivity index (χ0n) is 9.31. The third-order valence-electron chi connectivity index (χ3n) is 3.77.